The Kier molecular flexibility index (Phi) is 7.32. The number of nitrogens with zero attached hydrogens (tertiary/aromatic N) is 3. The van der Waals surface area contributed by atoms with E-state index in [0.717, 1.165) is 55.9 Å². The summed E-state index contributed by atoms with van der Waals surface area (Å²) in [6, 6.07) is 46.3. The third-order valence-corrected chi connectivity index (χ3v) is 9.30. The van der Waals surface area contributed by atoms with E-state index in [2.05, 4.69) is 153 Å². The van der Waals surface area contributed by atoms with Crippen molar-refractivity contribution in [2.45, 2.75) is 45.4 Å². The number of rotatable bonds is 3. The van der Waals surface area contributed by atoms with E-state index in [0.29, 0.717) is 0 Å². The molecule has 2 aromatic heterocycles. The quantitative estimate of drug-likeness (QED) is 0.130. The van der Waals surface area contributed by atoms with Crippen LogP contribution in [0.15, 0.2) is 115 Å². The Labute approximate surface area is 286 Å². The van der Waals surface area contributed by atoms with Crippen LogP contribution in [0.5, 0.6) is 0 Å². The fourth-order valence-electron chi connectivity index (χ4n) is 6.82. The number of hydrogen-bond acceptors (Lipinski definition) is 1. The predicted octanol–water partition coefficient (Wildman–Crippen LogP) is 11.4. The molecule has 0 amide bonds. The van der Waals surface area contributed by atoms with Crippen molar-refractivity contribution in [3.05, 3.63) is 150 Å². The fraction of sp³-hybridized carbons (Fsp3) is 0.167. The Balaban J connectivity index is 0.00000338. The minimum absolute atomic E-state index is 0. The molecular formula is C42H34AuN3. The molecule has 0 saturated heterocycles. The normalized spacial score (nSPS) is 13.5. The average molecular weight is 778 g/mol. The standard InChI is InChI=1S/C42H34N3.Au/c1-41(2,3)29-23-28(36-17-10-11-22-43-36)24-30(26-29)45-38-19-9-6-13-32(38)33-21-20-27(25-39(33)45)31-14-12-16-35-40(31)44-37-18-8-7-15-34(37)42(35,4)5;/h6-23,26H,1-5H3;/q-3;+3. The first-order valence-electron chi connectivity index (χ1n) is 15.6. The van der Waals surface area contributed by atoms with Crippen LogP contribution in [0.4, 0.5) is 11.4 Å². The van der Waals surface area contributed by atoms with Crippen molar-refractivity contribution in [3.8, 4) is 28.1 Å². The van der Waals surface area contributed by atoms with E-state index >= 15 is 0 Å². The Hall–Kier alpha value is -4.41. The molecule has 0 aliphatic carbocycles. The van der Waals surface area contributed by atoms with Gasteiger partial charge in [-0.25, -0.2) is 0 Å². The van der Waals surface area contributed by atoms with Crippen molar-refractivity contribution in [1.29, 1.82) is 0 Å². The number of para-hydroxylation sites is 3. The average Bonchev–Trinajstić information content (AvgIpc) is 3.38. The molecule has 1 aliphatic rings. The minimum Gasteiger partial charge on any atom is -0.665 e. The van der Waals surface area contributed by atoms with Crippen LogP contribution < -0.4 is 0 Å². The van der Waals surface area contributed by atoms with E-state index in [1.54, 1.807) is 0 Å². The van der Waals surface area contributed by atoms with Crippen LogP contribution >= 0.6 is 0 Å². The second-order valence-corrected chi connectivity index (χ2v) is 13.6. The zero-order valence-corrected chi connectivity index (χ0v) is 28.8. The molecule has 0 bridgehead atoms. The Morgan fingerprint density at radius 2 is 1.48 bits per heavy atom. The van der Waals surface area contributed by atoms with Gasteiger partial charge in [0.2, 0.25) is 0 Å². The van der Waals surface area contributed by atoms with E-state index in [1.165, 1.54) is 22.1 Å². The molecule has 0 fully saturated rings. The monoisotopic (exact) mass is 777 g/mol. The molecule has 46 heavy (non-hydrogen) atoms. The van der Waals surface area contributed by atoms with Crippen molar-refractivity contribution in [2.24, 2.45) is 0 Å². The zero-order chi connectivity index (χ0) is 30.9. The van der Waals surface area contributed by atoms with Gasteiger partial charge in [0, 0.05) is 17.1 Å². The number of aromatic nitrogens is 2. The molecular weight excluding hydrogens is 743 g/mol. The summed E-state index contributed by atoms with van der Waals surface area (Å²) in [6.45, 7) is 11.4. The largest absolute Gasteiger partial charge is 3.00 e. The molecule has 0 N–H and O–H groups in total. The van der Waals surface area contributed by atoms with Gasteiger partial charge in [-0.2, -0.15) is 5.69 Å². The molecule has 0 radical (unpaired) electrons. The van der Waals surface area contributed by atoms with Crippen LogP contribution in [-0.4, -0.2) is 9.55 Å². The van der Waals surface area contributed by atoms with Crippen LogP contribution in [-0.2, 0) is 33.2 Å². The van der Waals surface area contributed by atoms with Crippen LogP contribution in [0, 0.1) is 12.1 Å². The summed E-state index contributed by atoms with van der Waals surface area (Å²) in [5.41, 5.74) is 12.7. The molecule has 7 aromatic rings. The topological polar surface area (TPSA) is 31.9 Å². The maximum absolute atomic E-state index is 5.23. The van der Waals surface area contributed by atoms with Crippen LogP contribution in [0.1, 0.15) is 51.3 Å². The summed E-state index contributed by atoms with van der Waals surface area (Å²) in [5.74, 6) is 0. The van der Waals surface area contributed by atoms with Gasteiger partial charge in [-0.3, -0.25) is 0 Å². The number of hydrogen-bond donors (Lipinski definition) is 0. The molecule has 0 saturated carbocycles. The fourth-order valence-corrected chi connectivity index (χ4v) is 6.82. The van der Waals surface area contributed by atoms with Gasteiger partial charge in [0.1, 0.15) is 0 Å². The van der Waals surface area contributed by atoms with Crippen molar-refractivity contribution in [1.82, 2.24) is 9.55 Å². The molecule has 0 unspecified atom stereocenters. The van der Waals surface area contributed by atoms with Crippen LogP contribution in [0.3, 0.4) is 0 Å². The van der Waals surface area contributed by atoms with Crippen molar-refractivity contribution in [2.75, 3.05) is 0 Å². The van der Waals surface area contributed by atoms with E-state index < -0.39 is 0 Å². The summed E-state index contributed by atoms with van der Waals surface area (Å²) in [6.07, 6.45) is 1.85. The summed E-state index contributed by atoms with van der Waals surface area (Å²) >= 11 is 0. The molecule has 1 aliphatic heterocycles. The molecule has 4 heteroatoms. The van der Waals surface area contributed by atoms with E-state index in [-0.39, 0.29) is 33.2 Å². The Bertz CT molecular complexity index is 2250. The molecule has 228 valence electrons. The van der Waals surface area contributed by atoms with E-state index in [1.807, 2.05) is 18.3 Å². The minimum atomic E-state index is -0.160. The van der Waals surface area contributed by atoms with Gasteiger partial charge in [0.25, 0.3) is 0 Å². The van der Waals surface area contributed by atoms with Crippen LogP contribution in [0.2, 0.25) is 0 Å². The van der Waals surface area contributed by atoms with Crippen LogP contribution in [0.25, 0.3) is 55.2 Å². The molecule has 3 heterocycles. The number of benzene rings is 5. The van der Waals surface area contributed by atoms with E-state index in [4.69, 9.17) is 5.32 Å². The van der Waals surface area contributed by atoms with Gasteiger partial charge in [0.15, 0.2) is 0 Å². The first-order chi connectivity index (χ1) is 21.7. The first kappa shape index (κ1) is 30.3. The summed E-state index contributed by atoms with van der Waals surface area (Å²) in [7, 11) is 0. The van der Waals surface area contributed by atoms with Crippen molar-refractivity contribution in [3.63, 3.8) is 0 Å². The van der Waals surface area contributed by atoms with Gasteiger partial charge >= 0.3 is 22.4 Å². The molecule has 8 rings (SSSR count). The summed E-state index contributed by atoms with van der Waals surface area (Å²) in [5, 5.41) is 7.58. The molecule has 5 aromatic carbocycles. The van der Waals surface area contributed by atoms with Gasteiger partial charge in [0.05, 0.1) is 0 Å². The molecule has 0 spiro atoms. The number of fused-ring (bicyclic) bond motifs is 5. The second kappa shape index (κ2) is 11.1. The van der Waals surface area contributed by atoms with Gasteiger partial charge in [-0.05, 0) is 39.8 Å². The maximum atomic E-state index is 5.23. The van der Waals surface area contributed by atoms with Gasteiger partial charge in [-0.1, -0.05) is 124 Å². The third kappa shape index (κ3) is 4.82. The molecule has 3 nitrogen and oxygen atoms in total. The second-order valence-electron chi connectivity index (χ2n) is 13.6. The maximum Gasteiger partial charge on any atom is 3.00 e. The Morgan fingerprint density at radius 1 is 0.717 bits per heavy atom. The van der Waals surface area contributed by atoms with Crippen molar-refractivity contribution >= 4 is 33.2 Å². The summed E-state index contributed by atoms with van der Waals surface area (Å²) in [4.78, 5) is 4.68. The third-order valence-electron chi connectivity index (χ3n) is 9.30. The SMILES string of the molecule is CC(C)(C)c1cc(-c2ccccn2)[c-]c(-n2c3[c-]c(-c4cccc5c4[N-]c4ccccc4C5(C)C)ccc3c3ccccc32)c1.[Au+3]. The first-order valence-corrected chi connectivity index (χ1v) is 15.6. The van der Waals surface area contributed by atoms with E-state index in [9.17, 15) is 0 Å². The summed E-state index contributed by atoms with van der Waals surface area (Å²) < 4.78 is 2.32. The molecule has 0 atom stereocenters. The smallest absolute Gasteiger partial charge is 0.665 e. The van der Waals surface area contributed by atoms with Crippen molar-refractivity contribution < 1.29 is 22.4 Å². The van der Waals surface area contributed by atoms with Gasteiger partial charge < -0.3 is 14.9 Å². The zero-order valence-electron chi connectivity index (χ0n) is 26.6. The number of pyridine rings is 1. The Morgan fingerprint density at radius 3 is 2.28 bits per heavy atom. The van der Waals surface area contributed by atoms with Gasteiger partial charge in [-0.15, -0.1) is 64.3 Å². The predicted molar refractivity (Wildman–Crippen MR) is 187 cm³/mol.